The van der Waals surface area contributed by atoms with E-state index >= 15 is 0 Å². The first-order chi connectivity index (χ1) is 23.8. The molecule has 0 aliphatic rings. The SMILES string of the molecule is c1ccc(-c2ccc(-c3ccc(N(c4ccc(-c5ccc6oc7ccccc7c6c5)cc4)c4cccc5ccccc45)cc3)cc2)cc1. The smallest absolute Gasteiger partial charge is 0.135 e. The molecule has 1 heterocycles. The fourth-order valence-corrected chi connectivity index (χ4v) is 6.83. The first-order valence-corrected chi connectivity index (χ1v) is 16.3. The number of rotatable bonds is 6. The molecule has 1 aromatic heterocycles. The minimum Gasteiger partial charge on any atom is -0.456 e. The predicted octanol–water partition coefficient (Wildman–Crippen LogP) is 13.2. The highest BCUT2D eigenvalue weighted by molar-refractivity contribution is 6.06. The van der Waals surface area contributed by atoms with Gasteiger partial charge in [-0.05, 0) is 87.3 Å². The molecule has 0 amide bonds. The number of benzene rings is 8. The summed E-state index contributed by atoms with van der Waals surface area (Å²) in [5.41, 5.74) is 12.4. The maximum atomic E-state index is 6.08. The zero-order valence-electron chi connectivity index (χ0n) is 26.3. The van der Waals surface area contributed by atoms with E-state index in [-0.39, 0.29) is 0 Å². The highest BCUT2D eigenvalue weighted by Gasteiger charge is 2.16. The van der Waals surface area contributed by atoms with Crippen molar-refractivity contribution in [2.24, 2.45) is 0 Å². The van der Waals surface area contributed by atoms with Crippen molar-refractivity contribution in [2.45, 2.75) is 0 Å². The van der Waals surface area contributed by atoms with Gasteiger partial charge < -0.3 is 9.32 Å². The Kier molecular flexibility index (Phi) is 6.84. The van der Waals surface area contributed by atoms with Gasteiger partial charge in [-0.1, -0.05) is 140 Å². The van der Waals surface area contributed by atoms with E-state index < -0.39 is 0 Å². The molecule has 0 saturated heterocycles. The van der Waals surface area contributed by atoms with Crippen molar-refractivity contribution in [3.05, 3.63) is 188 Å². The molecule has 0 saturated carbocycles. The van der Waals surface area contributed by atoms with Gasteiger partial charge >= 0.3 is 0 Å². The van der Waals surface area contributed by atoms with Gasteiger partial charge in [0.15, 0.2) is 0 Å². The lowest BCUT2D eigenvalue weighted by atomic mass is 9.99. The van der Waals surface area contributed by atoms with Crippen LogP contribution in [-0.4, -0.2) is 0 Å². The maximum Gasteiger partial charge on any atom is 0.135 e. The molecule has 48 heavy (non-hydrogen) atoms. The number of anilines is 3. The van der Waals surface area contributed by atoms with E-state index in [1.807, 2.05) is 12.1 Å². The summed E-state index contributed by atoms with van der Waals surface area (Å²) in [5.74, 6) is 0. The zero-order valence-corrected chi connectivity index (χ0v) is 26.3. The third-order valence-electron chi connectivity index (χ3n) is 9.29. The molecule has 9 rings (SSSR count). The average molecular weight is 614 g/mol. The second kappa shape index (κ2) is 11.8. The minimum absolute atomic E-state index is 0.911. The Morgan fingerprint density at radius 3 is 1.48 bits per heavy atom. The van der Waals surface area contributed by atoms with E-state index in [1.54, 1.807) is 0 Å². The van der Waals surface area contributed by atoms with E-state index in [4.69, 9.17) is 4.42 Å². The first-order valence-electron chi connectivity index (χ1n) is 16.3. The summed E-state index contributed by atoms with van der Waals surface area (Å²) in [6, 6.07) is 67.0. The normalized spacial score (nSPS) is 11.3. The van der Waals surface area contributed by atoms with Gasteiger partial charge in [0.1, 0.15) is 11.2 Å². The Morgan fingerprint density at radius 1 is 0.312 bits per heavy atom. The van der Waals surface area contributed by atoms with Crippen LogP contribution in [0, 0.1) is 0 Å². The van der Waals surface area contributed by atoms with Crippen molar-refractivity contribution in [1.29, 1.82) is 0 Å². The Bertz CT molecular complexity index is 2520. The molecule has 2 heteroatoms. The fourth-order valence-electron chi connectivity index (χ4n) is 6.83. The van der Waals surface area contributed by atoms with Crippen molar-refractivity contribution in [3.8, 4) is 33.4 Å². The van der Waals surface area contributed by atoms with Crippen LogP contribution in [0.25, 0.3) is 66.1 Å². The molecule has 0 unspecified atom stereocenters. The summed E-state index contributed by atoms with van der Waals surface area (Å²) < 4.78 is 6.08. The molecule has 0 fully saturated rings. The third kappa shape index (κ3) is 5.01. The quantitative estimate of drug-likeness (QED) is 0.185. The van der Waals surface area contributed by atoms with Crippen LogP contribution in [0.4, 0.5) is 17.1 Å². The van der Waals surface area contributed by atoms with Gasteiger partial charge in [-0.25, -0.2) is 0 Å². The zero-order chi connectivity index (χ0) is 31.9. The average Bonchev–Trinajstić information content (AvgIpc) is 3.54. The number of hydrogen-bond donors (Lipinski definition) is 0. The van der Waals surface area contributed by atoms with Crippen LogP contribution in [0.15, 0.2) is 192 Å². The molecule has 0 bridgehead atoms. The van der Waals surface area contributed by atoms with E-state index in [0.717, 1.165) is 44.6 Å². The summed E-state index contributed by atoms with van der Waals surface area (Å²) in [6.07, 6.45) is 0. The Balaban J connectivity index is 1.09. The van der Waals surface area contributed by atoms with Crippen molar-refractivity contribution >= 4 is 49.8 Å². The molecular weight excluding hydrogens is 583 g/mol. The van der Waals surface area contributed by atoms with Crippen LogP contribution in [0.3, 0.4) is 0 Å². The summed E-state index contributed by atoms with van der Waals surface area (Å²) in [5, 5.41) is 4.71. The molecule has 8 aromatic carbocycles. The number of fused-ring (bicyclic) bond motifs is 4. The number of furan rings is 1. The van der Waals surface area contributed by atoms with Gasteiger partial charge in [-0.15, -0.1) is 0 Å². The van der Waals surface area contributed by atoms with Crippen LogP contribution < -0.4 is 4.90 Å². The Hall–Kier alpha value is -6.38. The van der Waals surface area contributed by atoms with Crippen LogP contribution in [0.2, 0.25) is 0 Å². The molecule has 9 aromatic rings. The fraction of sp³-hybridized carbons (Fsp3) is 0. The van der Waals surface area contributed by atoms with Gasteiger partial charge in [0, 0.05) is 27.5 Å². The van der Waals surface area contributed by atoms with E-state index in [0.29, 0.717) is 0 Å². The second-order valence-corrected chi connectivity index (χ2v) is 12.2. The third-order valence-corrected chi connectivity index (χ3v) is 9.29. The van der Waals surface area contributed by atoms with Gasteiger partial charge in [-0.3, -0.25) is 0 Å². The van der Waals surface area contributed by atoms with E-state index in [2.05, 4.69) is 181 Å². The van der Waals surface area contributed by atoms with Crippen molar-refractivity contribution in [2.75, 3.05) is 4.90 Å². The summed E-state index contributed by atoms with van der Waals surface area (Å²) >= 11 is 0. The Labute approximate surface area is 279 Å². The molecule has 0 radical (unpaired) electrons. The van der Waals surface area contributed by atoms with Crippen LogP contribution in [0.1, 0.15) is 0 Å². The molecule has 0 aliphatic carbocycles. The predicted molar refractivity (Wildman–Crippen MR) is 202 cm³/mol. The van der Waals surface area contributed by atoms with Crippen molar-refractivity contribution in [1.82, 2.24) is 0 Å². The van der Waals surface area contributed by atoms with Crippen LogP contribution in [0.5, 0.6) is 0 Å². The van der Waals surface area contributed by atoms with E-state index in [9.17, 15) is 0 Å². The minimum atomic E-state index is 0.911. The maximum absolute atomic E-state index is 6.08. The van der Waals surface area contributed by atoms with Crippen molar-refractivity contribution in [3.63, 3.8) is 0 Å². The lowest BCUT2D eigenvalue weighted by Gasteiger charge is -2.27. The summed E-state index contributed by atoms with van der Waals surface area (Å²) in [7, 11) is 0. The molecular formula is C46H31NO. The van der Waals surface area contributed by atoms with Gasteiger partial charge in [0.25, 0.3) is 0 Å². The van der Waals surface area contributed by atoms with Gasteiger partial charge in [-0.2, -0.15) is 0 Å². The molecule has 226 valence electrons. The standard InChI is InChI=1S/C46H31NO/c1-2-9-32(10-3-1)33-17-19-34(20-18-33)35-21-26-39(27-22-35)47(44-15-8-12-37-11-4-5-13-41(37)44)40-28-23-36(24-29-40)38-25-30-46-43(31-38)42-14-6-7-16-45(42)48-46/h1-31H. The first kappa shape index (κ1) is 27.9. The number of para-hydroxylation sites is 1. The second-order valence-electron chi connectivity index (χ2n) is 12.2. The molecule has 0 spiro atoms. The highest BCUT2D eigenvalue weighted by Crippen LogP contribution is 2.41. The summed E-state index contributed by atoms with van der Waals surface area (Å²) in [6.45, 7) is 0. The highest BCUT2D eigenvalue weighted by atomic mass is 16.3. The summed E-state index contributed by atoms with van der Waals surface area (Å²) in [4.78, 5) is 2.36. The number of hydrogen-bond acceptors (Lipinski definition) is 2. The van der Waals surface area contributed by atoms with E-state index in [1.165, 1.54) is 38.6 Å². The largest absolute Gasteiger partial charge is 0.456 e. The molecule has 0 atom stereocenters. The topological polar surface area (TPSA) is 16.4 Å². The molecule has 0 N–H and O–H groups in total. The monoisotopic (exact) mass is 613 g/mol. The van der Waals surface area contributed by atoms with Gasteiger partial charge in [0.05, 0.1) is 5.69 Å². The lowest BCUT2D eigenvalue weighted by molar-refractivity contribution is 0.669. The van der Waals surface area contributed by atoms with Crippen molar-refractivity contribution < 1.29 is 4.42 Å². The molecule has 0 aliphatic heterocycles. The van der Waals surface area contributed by atoms with Crippen LogP contribution in [-0.2, 0) is 0 Å². The number of nitrogens with zero attached hydrogens (tertiary/aromatic N) is 1. The van der Waals surface area contributed by atoms with Gasteiger partial charge in [0.2, 0.25) is 0 Å². The lowest BCUT2D eigenvalue weighted by Crippen LogP contribution is -2.10. The Morgan fingerprint density at radius 2 is 0.792 bits per heavy atom. The molecule has 2 nitrogen and oxygen atoms in total. The van der Waals surface area contributed by atoms with Crippen LogP contribution >= 0.6 is 0 Å².